The van der Waals surface area contributed by atoms with Gasteiger partial charge in [0.1, 0.15) is 0 Å². The zero-order valence-corrected chi connectivity index (χ0v) is 10.4. The van der Waals surface area contributed by atoms with E-state index in [1.165, 1.54) is 23.6 Å². The molecule has 1 amide bonds. The van der Waals surface area contributed by atoms with Crippen LogP contribution in [0, 0.1) is 5.92 Å². The third kappa shape index (κ3) is 2.70. The highest BCUT2D eigenvalue weighted by Crippen LogP contribution is 2.27. The van der Waals surface area contributed by atoms with Crippen LogP contribution in [-0.4, -0.2) is 12.5 Å². The maximum Gasteiger partial charge on any atom is 0.224 e. The predicted molar refractivity (Wildman–Crippen MR) is 73.4 cm³/mol. The fourth-order valence-electron chi connectivity index (χ4n) is 2.18. The van der Waals surface area contributed by atoms with Crippen LogP contribution >= 0.6 is 0 Å². The van der Waals surface area contributed by atoms with Gasteiger partial charge in [-0.15, -0.1) is 0 Å². The Bertz CT molecular complexity index is 572. The summed E-state index contributed by atoms with van der Waals surface area (Å²) in [7, 11) is 0. The molecule has 0 unspecified atom stereocenters. The Balaban J connectivity index is 1.67. The van der Waals surface area contributed by atoms with Gasteiger partial charge in [0.05, 0.1) is 6.42 Å². The first-order valence-corrected chi connectivity index (χ1v) is 6.55. The first-order chi connectivity index (χ1) is 8.81. The van der Waals surface area contributed by atoms with Crippen LogP contribution in [0.15, 0.2) is 42.5 Å². The van der Waals surface area contributed by atoms with E-state index < -0.39 is 0 Å². The minimum atomic E-state index is 0.136. The predicted octanol–water partition coefficient (Wildman–Crippen LogP) is 2.91. The number of fused-ring (bicyclic) bond motifs is 1. The Hall–Kier alpha value is -1.83. The van der Waals surface area contributed by atoms with E-state index in [2.05, 4.69) is 29.6 Å². The Morgan fingerprint density at radius 2 is 1.89 bits per heavy atom. The molecule has 1 fully saturated rings. The number of amides is 1. The molecule has 3 rings (SSSR count). The van der Waals surface area contributed by atoms with Gasteiger partial charge in [-0.3, -0.25) is 4.79 Å². The van der Waals surface area contributed by atoms with Crippen LogP contribution in [0.1, 0.15) is 18.4 Å². The third-order valence-corrected chi connectivity index (χ3v) is 3.46. The minimum absolute atomic E-state index is 0.136. The van der Waals surface area contributed by atoms with Crippen molar-refractivity contribution < 1.29 is 4.79 Å². The molecule has 1 N–H and O–H groups in total. The van der Waals surface area contributed by atoms with Crippen LogP contribution in [0.5, 0.6) is 0 Å². The number of hydrogen-bond donors (Lipinski definition) is 1. The fourth-order valence-corrected chi connectivity index (χ4v) is 2.18. The Labute approximate surface area is 107 Å². The van der Waals surface area contributed by atoms with Crippen molar-refractivity contribution in [3.63, 3.8) is 0 Å². The van der Waals surface area contributed by atoms with E-state index in [1.54, 1.807) is 0 Å². The summed E-state index contributed by atoms with van der Waals surface area (Å²) in [4.78, 5) is 11.8. The maximum absolute atomic E-state index is 11.8. The highest BCUT2D eigenvalue weighted by atomic mass is 16.1. The molecule has 0 radical (unpaired) electrons. The molecular formula is C16H17NO. The average molecular weight is 239 g/mol. The van der Waals surface area contributed by atoms with E-state index in [-0.39, 0.29) is 5.91 Å². The smallest absolute Gasteiger partial charge is 0.224 e. The second kappa shape index (κ2) is 4.81. The summed E-state index contributed by atoms with van der Waals surface area (Å²) >= 11 is 0. The number of rotatable bonds is 4. The van der Waals surface area contributed by atoms with Gasteiger partial charge in [-0.1, -0.05) is 42.5 Å². The second-order valence-corrected chi connectivity index (χ2v) is 5.11. The van der Waals surface area contributed by atoms with Gasteiger partial charge < -0.3 is 5.32 Å². The lowest BCUT2D eigenvalue weighted by molar-refractivity contribution is -0.120. The summed E-state index contributed by atoms with van der Waals surface area (Å²) in [6.45, 7) is 0.854. The normalized spacial score (nSPS) is 14.7. The summed E-state index contributed by atoms with van der Waals surface area (Å²) < 4.78 is 0. The lowest BCUT2D eigenvalue weighted by Crippen LogP contribution is -2.27. The van der Waals surface area contributed by atoms with Gasteiger partial charge in [0.25, 0.3) is 0 Å². The van der Waals surface area contributed by atoms with Crippen molar-refractivity contribution in [3.8, 4) is 0 Å². The first kappa shape index (κ1) is 11.3. The quantitative estimate of drug-likeness (QED) is 0.873. The standard InChI is InChI=1S/C16H17NO/c18-16(17-11-12-5-6-12)10-13-7-8-14-3-1-2-4-15(14)9-13/h1-4,7-9,12H,5-6,10-11H2,(H,17,18). The molecule has 1 aliphatic carbocycles. The summed E-state index contributed by atoms with van der Waals surface area (Å²) in [6, 6.07) is 14.5. The van der Waals surface area contributed by atoms with Crippen molar-refractivity contribution in [2.45, 2.75) is 19.3 Å². The SMILES string of the molecule is O=C(Cc1ccc2ccccc2c1)NCC1CC1. The second-order valence-electron chi connectivity index (χ2n) is 5.11. The molecule has 2 heteroatoms. The van der Waals surface area contributed by atoms with E-state index in [1.807, 2.05) is 18.2 Å². The average Bonchev–Trinajstić information content (AvgIpc) is 3.20. The zero-order valence-electron chi connectivity index (χ0n) is 10.4. The summed E-state index contributed by atoms with van der Waals surface area (Å²) in [6.07, 6.45) is 3.03. The molecule has 0 aromatic heterocycles. The van der Waals surface area contributed by atoms with Crippen LogP contribution in [-0.2, 0) is 11.2 Å². The van der Waals surface area contributed by atoms with E-state index in [4.69, 9.17) is 0 Å². The first-order valence-electron chi connectivity index (χ1n) is 6.55. The summed E-state index contributed by atoms with van der Waals surface area (Å²) in [5.41, 5.74) is 1.09. The van der Waals surface area contributed by atoms with Gasteiger partial charge >= 0.3 is 0 Å². The van der Waals surface area contributed by atoms with Gasteiger partial charge in [0.15, 0.2) is 0 Å². The molecule has 92 valence electrons. The molecule has 0 aliphatic heterocycles. The number of benzene rings is 2. The molecule has 0 spiro atoms. The monoisotopic (exact) mass is 239 g/mol. The van der Waals surface area contributed by atoms with Crippen molar-refractivity contribution in [1.29, 1.82) is 0 Å². The molecule has 0 bridgehead atoms. The number of nitrogens with one attached hydrogen (secondary N) is 1. The van der Waals surface area contributed by atoms with Gasteiger partial charge in [-0.05, 0) is 35.1 Å². The van der Waals surface area contributed by atoms with E-state index >= 15 is 0 Å². The molecule has 2 aromatic rings. The van der Waals surface area contributed by atoms with E-state index in [0.717, 1.165) is 18.0 Å². The van der Waals surface area contributed by atoms with Crippen LogP contribution < -0.4 is 5.32 Å². The Kier molecular flexibility index (Phi) is 3.01. The largest absolute Gasteiger partial charge is 0.356 e. The Morgan fingerprint density at radius 1 is 1.11 bits per heavy atom. The Morgan fingerprint density at radius 3 is 2.67 bits per heavy atom. The lowest BCUT2D eigenvalue weighted by atomic mass is 10.0. The van der Waals surface area contributed by atoms with E-state index in [0.29, 0.717) is 6.42 Å². The minimum Gasteiger partial charge on any atom is -0.356 e. The zero-order chi connectivity index (χ0) is 12.4. The summed E-state index contributed by atoms with van der Waals surface area (Å²) in [5.74, 6) is 0.878. The fraction of sp³-hybridized carbons (Fsp3) is 0.312. The van der Waals surface area contributed by atoms with Gasteiger partial charge in [0, 0.05) is 6.54 Å². The van der Waals surface area contributed by atoms with Crippen molar-refractivity contribution >= 4 is 16.7 Å². The van der Waals surface area contributed by atoms with Gasteiger partial charge in [-0.25, -0.2) is 0 Å². The molecule has 0 heterocycles. The molecule has 2 aromatic carbocycles. The molecule has 0 saturated heterocycles. The highest BCUT2D eigenvalue weighted by Gasteiger charge is 2.21. The van der Waals surface area contributed by atoms with Crippen molar-refractivity contribution in [2.75, 3.05) is 6.54 Å². The lowest BCUT2D eigenvalue weighted by Gasteiger charge is -2.05. The molecule has 18 heavy (non-hydrogen) atoms. The van der Waals surface area contributed by atoms with Gasteiger partial charge in [-0.2, -0.15) is 0 Å². The molecule has 0 atom stereocenters. The van der Waals surface area contributed by atoms with Crippen molar-refractivity contribution in [2.24, 2.45) is 5.92 Å². The highest BCUT2D eigenvalue weighted by molar-refractivity contribution is 5.85. The molecular weight excluding hydrogens is 222 g/mol. The topological polar surface area (TPSA) is 29.1 Å². The number of carbonyl (C=O) groups is 1. The van der Waals surface area contributed by atoms with Crippen LogP contribution in [0.25, 0.3) is 10.8 Å². The van der Waals surface area contributed by atoms with Crippen LogP contribution in [0.2, 0.25) is 0 Å². The van der Waals surface area contributed by atoms with Crippen molar-refractivity contribution in [3.05, 3.63) is 48.0 Å². The molecule has 2 nitrogen and oxygen atoms in total. The number of hydrogen-bond acceptors (Lipinski definition) is 1. The van der Waals surface area contributed by atoms with Crippen LogP contribution in [0.3, 0.4) is 0 Å². The van der Waals surface area contributed by atoms with Gasteiger partial charge in [0.2, 0.25) is 5.91 Å². The van der Waals surface area contributed by atoms with Crippen molar-refractivity contribution in [1.82, 2.24) is 5.32 Å². The molecule has 1 aliphatic rings. The number of carbonyl (C=O) groups excluding carboxylic acids is 1. The summed E-state index contributed by atoms with van der Waals surface area (Å²) in [5, 5.41) is 5.42. The molecule has 1 saturated carbocycles. The van der Waals surface area contributed by atoms with Crippen LogP contribution in [0.4, 0.5) is 0 Å². The third-order valence-electron chi connectivity index (χ3n) is 3.46. The van der Waals surface area contributed by atoms with E-state index in [9.17, 15) is 4.79 Å². The maximum atomic E-state index is 11.8.